The number of nitrogens with one attached hydrogen (secondary N) is 1. The van der Waals surface area contributed by atoms with Crippen molar-refractivity contribution in [2.75, 3.05) is 18.0 Å². The van der Waals surface area contributed by atoms with Crippen LogP contribution in [0.25, 0.3) is 22.2 Å². The molecular weight excluding hydrogens is 713 g/mol. The van der Waals surface area contributed by atoms with Gasteiger partial charge in [-0.15, -0.1) is 0 Å². The quantitative estimate of drug-likeness (QED) is 0.125. The highest BCUT2D eigenvalue weighted by Crippen LogP contribution is 2.58. The number of aromatic nitrogens is 2. The van der Waals surface area contributed by atoms with Gasteiger partial charge in [0.2, 0.25) is 0 Å². The number of hydrogen-bond donors (Lipinski definition) is 4. The molecule has 2 saturated heterocycles. The van der Waals surface area contributed by atoms with Gasteiger partial charge in [-0.2, -0.15) is 0 Å². The Kier molecular flexibility index (Phi) is 7.65. The molecule has 1 aliphatic carbocycles. The van der Waals surface area contributed by atoms with Crippen molar-refractivity contribution in [2.45, 2.75) is 82.3 Å². The molecule has 13 heteroatoms. The molecule has 1 aromatic carbocycles. The number of benzene rings is 1. The Bertz CT molecular complexity index is 2560. The van der Waals surface area contributed by atoms with Gasteiger partial charge >= 0.3 is 5.97 Å². The predicted octanol–water partition coefficient (Wildman–Crippen LogP) is 4.21. The number of rotatable bonds is 6. The van der Waals surface area contributed by atoms with E-state index >= 15 is 0 Å². The van der Waals surface area contributed by atoms with Crippen LogP contribution >= 0.6 is 0 Å². The number of phenols is 1. The summed E-state index contributed by atoms with van der Waals surface area (Å²) in [5.41, 5.74) is 16.5. The van der Waals surface area contributed by atoms with E-state index in [9.17, 15) is 14.7 Å². The number of phenolic OH excluding ortho intramolecular Hbond substituents is 1. The van der Waals surface area contributed by atoms with Crippen molar-refractivity contribution in [3.8, 4) is 22.8 Å². The number of aryl methyl sites for hydroxylation is 2. The average molecular weight is 756 g/mol. The third-order valence-corrected chi connectivity index (χ3v) is 12.3. The number of carbonyl (C=O) groups excluding carboxylic acids is 1. The number of aromatic hydroxyl groups is 1. The van der Waals surface area contributed by atoms with Gasteiger partial charge in [0, 0.05) is 41.3 Å². The minimum absolute atomic E-state index is 0.0832. The van der Waals surface area contributed by atoms with Crippen LogP contribution in [-0.2, 0) is 27.2 Å². The van der Waals surface area contributed by atoms with Crippen LogP contribution in [0.1, 0.15) is 61.6 Å². The van der Waals surface area contributed by atoms with Gasteiger partial charge in [-0.05, 0) is 88.3 Å². The lowest BCUT2D eigenvalue weighted by Gasteiger charge is -2.46. The summed E-state index contributed by atoms with van der Waals surface area (Å²) < 4.78 is 25.2. The molecule has 56 heavy (non-hydrogen) atoms. The third kappa shape index (κ3) is 5.54. The Morgan fingerprint density at radius 1 is 1.02 bits per heavy atom. The Balaban J connectivity index is 0.903. The first kappa shape index (κ1) is 34.7. The molecule has 7 unspecified atom stereocenters. The Hall–Kier alpha value is -5.79. The molecule has 1 spiro atoms. The molecule has 2 fully saturated rings. The molecule has 7 aliphatic rings. The van der Waals surface area contributed by atoms with Crippen molar-refractivity contribution < 1.29 is 33.4 Å². The van der Waals surface area contributed by atoms with Gasteiger partial charge in [0.15, 0.2) is 11.0 Å². The normalized spacial score (nSPS) is 29.1. The molecule has 286 valence electrons. The Labute approximate surface area is 322 Å². The number of pyridine rings is 2. The highest BCUT2D eigenvalue weighted by atomic mass is 16.7. The van der Waals surface area contributed by atoms with E-state index in [1.54, 1.807) is 13.0 Å². The van der Waals surface area contributed by atoms with Crippen molar-refractivity contribution in [2.24, 2.45) is 16.8 Å². The highest BCUT2D eigenvalue weighted by Gasteiger charge is 2.69. The van der Waals surface area contributed by atoms with Crippen molar-refractivity contribution >= 4 is 34.3 Å². The Morgan fingerprint density at radius 2 is 1.86 bits per heavy atom. The van der Waals surface area contributed by atoms with Crippen molar-refractivity contribution in [1.82, 2.24) is 9.97 Å². The lowest BCUT2D eigenvalue weighted by molar-refractivity contribution is -0.848. The van der Waals surface area contributed by atoms with Gasteiger partial charge in [-0.1, -0.05) is 12.2 Å². The highest BCUT2D eigenvalue weighted by molar-refractivity contribution is 6.06. The zero-order valence-electron chi connectivity index (χ0n) is 31.4. The van der Waals surface area contributed by atoms with Crippen LogP contribution in [0.15, 0.2) is 86.8 Å². The smallest absolute Gasteiger partial charge is 0.342 e. The summed E-state index contributed by atoms with van der Waals surface area (Å²) in [6.45, 7) is 6.91. The number of carbonyl (C=O) groups is 1. The number of nitrogen functional groups attached to an aromatic ring is 2. The van der Waals surface area contributed by atoms with Crippen molar-refractivity contribution in [3.63, 3.8) is 0 Å². The largest absolute Gasteiger partial charge is 0.507 e. The lowest BCUT2D eigenvalue weighted by Crippen LogP contribution is -3.05. The van der Waals surface area contributed by atoms with Crippen LogP contribution in [0.4, 0.5) is 11.6 Å². The molecule has 9 heterocycles. The zero-order chi connectivity index (χ0) is 38.7. The maximum Gasteiger partial charge on any atom is 0.342 e. The second-order valence-electron chi connectivity index (χ2n) is 16.5. The standard InChI is InChI=1S/C43H42N6O7/c1-21-12-30(50)37-31(53-21)17-32-38(39(37)51)36-23-5-7-26(8-6-23)43(41(52)54-40(36)42(2,3)55-32)33(56-43)9-4-22-13-28(48-34(44)14-22)25-15-27(47-35(45)16-25)19-49-18-24-10-11-46-29(24)20-49/h5,7,10-18,23,26,33,36,40,51H,4,6,8-9,19-20H2,1-3H3,(H2,44,48)(H2,45,47)/p+1. The van der Waals surface area contributed by atoms with Gasteiger partial charge in [-0.3, -0.25) is 14.7 Å². The zero-order valence-corrected chi connectivity index (χ0v) is 31.4. The SMILES string of the molecule is Cc1cc(=O)c2c(O)c3c(cc2o1)OC(C)(C)C1OC(=O)C2(OC2CCc2cc(N)nc(-c4cc(N)nc(C[NH+]5C=C6C=CN=C6C5)c4)c2)C2C=CC(CC2)C31. The second kappa shape index (κ2) is 12.4. The summed E-state index contributed by atoms with van der Waals surface area (Å²) in [6.07, 6.45) is 11.6. The number of allylic oxidation sites excluding steroid dienone is 2. The summed E-state index contributed by atoms with van der Waals surface area (Å²) in [5.74, 6) is 0.261. The number of ether oxygens (including phenoxy) is 3. The number of nitrogens with zero attached hydrogens (tertiary/aromatic N) is 3. The van der Waals surface area contributed by atoms with E-state index in [0.717, 1.165) is 41.1 Å². The van der Waals surface area contributed by atoms with E-state index in [-0.39, 0.29) is 40.1 Å². The fourth-order valence-electron chi connectivity index (χ4n) is 9.78. The molecule has 11 rings (SSSR count). The van der Waals surface area contributed by atoms with Crippen LogP contribution in [0, 0.1) is 18.8 Å². The molecule has 2 bridgehead atoms. The van der Waals surface area contributed by atoms with Crippen LogP contribution in [-0.4, -0.2) is 56.7 Å². The summed E-state index contributed by atoms with van der Waals surface area (Å²) >= 11 is 0. The lowest BCUT2D eigenvalue weighted by atomic mass is 9.69. The average Bonchev–Trinajstić information content (AvgIpc) is 3.48. The molecule has 6 N–H and O–H groups in total. The maximum atomic E-state index is 14.5. The molecule has 13 nitrogen and oxygen atoms in total. The molecule has 4 aromatic rings. The van der Waals surface area contributed by atoms with Gasteiger partial charge in [0.1, 0.15) is 76.6 Å². The number of epoxide rings is 1. The number of esters is 1. The molecule has 6 aliphatic heterocycles. The minimum Gasteiger partial charge on any atom is -0.507 e. The first-order chi connectivity index (χ1) is 26.9. The fraction of sp³-hybridized carbons (Fsp3) is 0.372. The number of quaternary nitrogens is 1. The number of anilines is 2. The summed E-state index contributed by atoms with van der Waals surface area (Å²) in [7, 11) is 0. The molecule has 0 radical (unpaired) electrons. The molecule has 0 amide bonds. The van der Waals surface area contributed by atoms with Crippen LogP contribution in [0.5, 0.6) is 11.5 Å². The van der Waals surface area contributed by atoms with Crippen LogP contribution in [0.2, 0.25) is 0 Å². The van der Waals surface area contributed by atoms with Crippen molar-refractivity contribution in [1.29, 1.82) is 0 Å². The van der Waals surface area contributed by atoms with E-state index in [1.165, 1.54) is 11.0 Å². The van der Waals surface area contributed by atoms with E-state index in [1.807, 2.05) is 50.4 Å². The van der Waals surface area contributed by atoms with E-state index in [4.69, 9.17) is 30.1 Å². The summed E-state index contributed by atoms with van der Waals surface area (Å²) in [6, 6.07) is 10.7. The number of aliphatic imine (C=N–C) groups is 1. The van der Waals surface area contributed by atoms with Gasteiger partial charge in [-0.25, -0.2) is 14.8 Å². The van der Waals surface area contributed by atoms with Gasteiger partial charge in [0.05, 0.1) is 23.1 Å². The molecule has 0 saturated carbocycles. The monoisotopic (exact) mass is 755 g/mol. The van der Waals surface area contributed by atoms with E-state index in [2.05, 4.69) is 33.3 Å². The van der Waals surface area contributed by atoms with E-state index in [0.29, 0.717) is 60.2 Å². The predicted molar refractivity (Wildman–Crippen MR) is 208 cm³/mol. The Morgan fingerprint density at radius 3 is 2.66 bits per heavy atom. The number of hydrogen-bond acceptors (Lipinski definition) is 12. The number of fused-ring (bicyclic) bond motifs is 5. The first-order valence-corrected chi connectivity index (χ1v) is 19.3. The van der Waals surface area contributed by atoms with Crippen LogP contribution < -0.4 is 26.5 Å². The third-order valence-electron chi connectivity index (χ3n) is 12.3. The fourth-order valence-corrected chi connectivity index (χ4v) is 9.78. The second-order valence-corrected chi connectivity index (χ2v) is 16.5. The molecular formula is C43H43N6O7+. The molecule has 7 atom stereocenters. The molecule has 3 aromatic heterocycles. The van der Waals surface area contributed by atoms with E-state index < -0.39 is 29.2 Å². The number of nitrogens with two attached hydrogens (primary N) is 2. The van der Waals surface area contributed by atoms with Gasteiger partial charge < -0.3 is 35.2 Å². The van der Waals surface area contributed by atoms with Crippen molar-refractivity contribution in [3.05, 3.63) is 105 Å². The topological polar surface area (TPSA) is 193 Å². The maximum absolute atomic E-state index is 14.5. The minimum atomic E-state index is -1.15. The summed E-state index contributed by atoms with van der Waals surface area (Å²) in [5, 5.41) is 11.8. The summed E-state index contributed by atoms with van der Waals surface area (Å²) in [4.78, 5) is 42.5. The van der Waals surface area contributed by atoms with Gasteiger partial charge in [0.25, 0.3) is 0 Å². The first-order valence-electron chi connectivity index (χ1n) is 19.3. The van der Waals surface area contributed by atoms with Crippen LogP contribution in [0.3, 0.4) is 0 Å².